The summed E-state index contributed by atoms with van der Waals surface area (Å²) in [6.45, 7) is 4.34. The predicted molar refractivity (Wildman–Crippen MR) is 81.5 cm³/mol. The highest BCUT2D eigenvalue weighted by molar-refractivity contribution is 9.10. The van der Waals surface area contributed by atoms with Gasteiger partial charge in [-0.05, 0) is 31.9 Å². The van der Waals surface area contributed by atoms with Crippen LogP contribution in [0.25, 0.3) is 0 Å². The second-order valence-corrected chi connectivity index (χ2v) is 6.68. The van der Waals surface area contributed by atoms with E-state index in [0.29, 0.717) is 6.42 Å². The third-order valence-corrected chi connectivity index (χ3v) is 4.37. The van der Waals surface area contributed by atoms with Gasteiger partial charge >= 0.3 is 0 Å². The number of hydrogen-bond acceptors (Lipinski definition) is 2. The number of ether oxygens (including phenoxy) is 1. The summed E-state index contributed by atoms with van der Waals surface area (Å²) in [4.78, 5) is 0. The molecule has 1 aromatic rings. The molecule has 0 aliphatic carbocycles. The first-order valence-corrected chi connectivity index (χ1v) is 8.00. The standard InChI is InChI=1S/C16H23BrO2/c1-3-4-5-6-9-16(2)11-14(18)13-8-7-12(17)10-15(13)19-16/h7-8,10,14,18H,3-6,9,11H2,1-2H3/t14-,16?/m1/s1. The topological polar surface area (TPSA) is 29.5 Å². The van der Waals surface area contributed by atoms with Crippen molar-refractivity contribution in [2.24, 2.45) is 0 Å². The Morgan fingerprint density at radius 2 is 2.16 bits per heavy atom. The molecular weight excluding hydrogens is 304 g/mol. The molecule has 0 aromatic heterocycles. The predicted octanol–water partition coefficient (Wildman–Crippen LogP) is 4.99. The van der Waals surface area contributed by atoms with Crippen molar-refractivity contribution in [3.63, 3.8) is 0 Å². The molecule has 106 valence electrons. The molecule has 0 fully saturated rings. The zero-order valence-corrected chi connectivity index (χ0v) is 13.4. The van der Waals surface area contributed by atoms with E-state index < -0.39 is 6.10 Å². The van der Waals surface area contributed by atoms with Crippen LogP contribution in [0.4, 0.5) is 0 Å². The van der Waals surface area contributed by atoms with Crippen LogP contribution in [-0.2, 0) is 0 Å². The van der Waals surface area contributed by atoms with Gasteiger partial charge in [-0.3, -0.25) is 0 Å². The van der Waals surface area contributed by atoms with Gasteiger partial charge in [0.05, 0.1) is 6.10 Å². The molecule has 3 heteroatoms. The summed E-state index contributed by atoms with van der Waals surface area (Å²) >= 11 is 3.46. The molecule has 1 heterocycles. The van der Waals surface area contributed by atoms with Crippen molar-refractivity contribution >= 4 is 15.9 Å². The van der Waals surface area contributed by atoms with E-state index in [-0.39, 0.29) is 5.60 Å². The lowest BCUT2D eigenvalue weighted by molar-refractivity contribution is -0.00854. The molecule has 1 aliphatic heterocycles. The molecule has 19 heavy (non-hydrogen) atoms. The van der Waals surface area contributed by atoms with Gasteiger partial charge in [0.15, 0.2) is 0 Å². The van der Waals surface area contributed by atoms with Crippen LogP contribution in [0.5, 0.6) is 5.75 Å². The van der Waals surface area contributed by atoms with Gasteiger partial charge in [-0.15, -0.1) is 0 Å². The minimum atomic E-state index is -0.409. The second-order valence-electron chi connectivity index (χ2n) is 5.76. The number of aliphatic hydroxyl groups excluding tert-OH is 1. The third kappa shape index (κ3) is 3.73. The van der Waals surface area contributed by atoms with Crippen LogP contribution in [-0.4, -0.2) is 10.7 Å². The first-order chi connectivity index (χ1) is 9.04. The largest absolute Gasteiger partial charge is 0.487 e. The Bertz CT molecular complexity index is 433. The number of halogens is 1. The fourth-order valence-electron chi connectivity index (χ4n) is 2.78. The van der Waals surface area contributed by atoms with E-state index in [4.69, 9.17) is 4.74 Å². The van der Waals surface area contributed by atoms with Gasteiger partial charge in [0.1, 0.15) is 11.4 Å². The molecule has 1 aromatic carbocycles. The molecule has 0 spiro atoms. The van der Waals surface area contributed by atoms with Crippen LogP contribution < -0.4 is 4.74 Å². The Kier molecular flexibility index (Phi) is 4.91. The summed E-state index contributed by atoms with van der Waals surface area (Å²) in [5.41, 5.74) is 0.676. The van der Waals surface area contributed by atoms with Crippen molar-refractivity contribution in [1.29, 1.82) is 0 Å². The van der Waals surface area contributed by atoms with Crippen LogP contribution in [0.2, 0.25) is 0 Å². The molecular formula is C16H23BrO2. The van der Waals surface area contributed by atoms with Gasteiger partial charge < -0.3 is 9.84 Å². The fraction of sp³-hybridized carbons (Fsp3) is 0.625. The number of benzene rings is 1. The summed E-state index contributed by atoms with van der Waals surface area (Å²) in [5.74, 6) is 0.825. The van der Waals surface area contributed by atoms with Crippen molar-refractivity contribution in [2.75, 3.05) is 0 Å². The quantitative estimate of drug-likeness (QED) is 0.772. The first kappa shape index (κ1) is 14.9. The molecule has 1 unspecified atom stereocenters. The summed E-state index contributed by atoms with van der Waals surface area (Å²) in [6, 6.07) is 5.86. The van der Waals surface area contributed by atoms with Crippen molar-refractivity contribution in [2.45, 2.75) is 64.1 Å². The zero-order chi connectivity index (χ0) is 13.9. The highest BCUT2D eigenvalue weighted by atomic mass is 79.9. The van der Waals surface area contributed by atoms with Crippen LogP contribution in [0.1, 0.15) is 64.0 Å². The van der Waals surface area contributed by atoms with Crippen LogP contribution >= 0.6 is 15.9 Å². The Morgan fingerprint density at radius 1 is 1.37 bits per heavy atom. The molecule has 0 saturated heterocycles. The Hall–Kier alpha value is -0.540. The Balaban J connectivity index is 2.05. The highest BCUT2D eigenvalue weighted by Crippen LogP contribution is 2.42. The van der Waals surface area contributed by atoms with Crippen molar-refractivity contribution in [3.05, 3.63) is 28.2 Å². The fourth-order valence-corrected chi connectivity index (χ4v) is 3.12. The van der Waals surface area contributed by atoms with E-state index >= 15 is 0 Å². The van der Waals surface area contributed by atoms with Gasteiger partial charge in [0, 0.05) is 16.5 Å². The van der Waals surface area contributed by atoms with E-state index in [1.54, 1.807) is 0 Å². The molecule has 2 nitrogen and oxygen atoms in total. The zero-order valence-electron chi connectivity index (χ0n) is 11.8. The van der Waals surface area contributed by atoms with E-state index in [1.807, 2.05) is 18.2 Å². The highest BCUT2D eigenvalue weighted by Gasteiger charge is 2.36. The monoisotopic (exact) mass is 326 g/mol. The summed E-state index contributed by atoms with van der Waals surface area (Å²) in [6.07, 6.45) is 6.23. The SMILES string of the molecule is CCCCCCC1(C)C[C@@H](O)c2ccc(Br)cc2O1. The maximum atomic E-state index is 10.3. The van der Waals surface area contributed by atoms with Gasteiger partial charge in [-0.2, -0.15) is 0 Å². The molecule has 0 amide bonds. The average molecular weight is 327 g/mol. The third-order valence-electron chi connectivity index (χ3n) is 3.88. The maximum Gasteiger partial charge on any atom is 0.127 e. The van der Waals surface area contributed by atoms with Crippen molar-refractivity contribution in [1.82, 2.24) is 0 Å². The molecule has 2 rings (SSSR count). The van der Waals surface area contributed by atoms with Crippen LogP contribution in [0, 0.1) is 0 Å². The number of rotatable bonds is 5. The van der Waals surface area contributed by atoms with E-state index in [9.17, 15) is 5.11 Å². The summed E-state index contributed by atoms with van der Waals surface area (Å²) in [7, 11) is 0. The molecule has 2 atom stereocenters. The van der Waals surface area contributed by atoms with Gasteiger partial charge in [0.2, 0.25) is 0 Å². The van der Waals surface area contributed by atoms with E-state index in [1.165, 1.54) is 25.7 Å². The number of fused-ring (bicyclic) bond motifs is 1. The molecule has 0 radical (unpaired) electrons. The lowest BCUT2D eigenvalue weighted by Gasteiger charge is -2.38. The number of unbranched alkanes of at least 4 members (excludes halogenated alkanes) is 3. The maximum absolute atomic E-state index is 10.3. The Labute approximate surface area is 124 Å². The van der Waals surface area contributed by atoms with E-state index in [0.717, 1.165) is 22.2 Å². The molecule has 0 bridgehead atoms. The lowest BCUT2D eigenvalue weighted by atomic mass is 9.86. The molecule has 1 N–H and O–H groups in total. The first-order valence-electron chi connectivity index (χ1n) is 7.20. The van der Waals surface area contributed by atoms with Gasteiger partial charge in [0.25, 0.3) is 0 Å². The second kappa shape index (κ2) is 6.27. The average Bonchev–Trinajstić information content (AvgIpc) is 2.34. The smallest absolute Gasteiger partial charge is 0.127 e. The number of aliphatic hydroxyl groups is 1. The minimum absolute atomic E-state index is 0.235. The molecule has 0 saturated carbocycles. The van der Waals surface area contributed by atoms with Gasteiger partial charge in [-0.1, -0.05) is 48.2 Å². The summed E-state index contributed by atoms with van der Waals surface area (Å²) < 4.78 is 7.16. The van der Waals surface area contributed by atoms with E-state index in [2.05, 4.69) is 29.8 Å². The number of hydrogen-bond donors (Lipinski definition) is 1. The lowest BCUT2D eigenvalue weighted by Crippen LogP contribution is -2.38. The molecule has 1 aliphatic rings. The normalized spacial score (nSPS) is 25.8. The van der Waals surface area contributed by atoms with Crippen molar-refractivity contribution < 1.29 is 9.84 Å². The Morgan fingerprint density at radius 3 is 2.89 bits per heavy atom. The van der Waals surface area contributed by atoms with Crippen molar-refractivity contribution in [3.8, 4) is 5.75 Å². The van der Waals surface area contributed by atoms with Gasteiger partial charge in [-0.25, -0.2) is 0 Å². The minimum Gasteiger partial charge on any atom is -0.487 e. The van der Waals surface area contributed by atoms with Crippen LogP contribution in [0.3, 0.4) is 0 Å². The summed E-state index contributed by atoms with van der Waals surface area (Å²) in [5, 5.41) is 10.3. The van der Waals surface area contributed by atoms with Crippen LogP contribution in [0.15, 0.2) is 22.7 Å².